The Hall–Kier alpha value is -4.61. The third kappa shape index (κ3) is 8.31. The number of aromatic nitrogens is 2. The predicted octanol–water partition coefficient (Wildman–Crippen LogP) is 12.6. The van der Waals surface area contributed by atoms with E-state index in [1.807, 2.05) is 80.6 Å². The van der Waals surface area contributed by atoms with Crippen LogP contribution >= 0.6 is 0 Å². The Morgan fingerprint density at radius 1 is 0.717 bits per heavy atom. The molecule has 3 aromatic heterocycles. The summed E-state index contributed by atoms with van der Waals surface area (Å²) in [5.41, 5.74) is 11.7. The maximum atomic E-state index is 8.36. The van der Waals surface area contributed by atoms with Crippen molar-refractivity contribution in [2.45, 2.75) is 50.8 Å². The third-order valence-corrected chi connectivity index (χ3v) is 13.8. The summed E-state index contributed by atoms with van der Waals surface area (Å²) in [6, 6.07) is 46.0. The van der Waals surface area contributed by atoms with Crippen molar-refractivity contribution in [2.75, 3.05) is 0 Å². The summed E-state index contributed by atoms with van der Waals surface area (Å²) in [4.78, 5) is 9.26. The van der Waals surface area contributed by atoms with Crippen molar-refractivity contribution in [2.24, 2.45) is 0 Å². The summed E-state index contributed by atoms with van der Waals surface area (Å²) in [5, 5.41) is 1.92. The van der Waals surface area contributed by atoms with Gasteiger partial charge in [0, 0.05) is 42.7 Å². The molecule has 8 rings (SSSR count). The number of aryl methyl sites for hydroxylation is 2. The Labute approximate surface area is 335 Å². The van der Waals surface area contributed by atoms with Crippen molar-refractivity contribution in [1.82, 2.24) is 9.97 Å². The molecule has 0 amide bonds. The topological polar surface area (TPSA) is 38.9 Å². The largest absolute Gasteiger partial charge is 0.500 e. The minimum Gasteiger partial charge on any atom is -0.500 e. The minimum absolute atomic E-state index is 0. The van der Waals surface area contributed by atoms with Gasteiger partial charge in [-0.1, -0.05) is 84.5 Å². The van der Waals surface area contributed by atoms with Gasteiger partial charge in [0.05, 0.1) is 5.58 Å². The van der Waals surface area contributed by atoms with Gasteiger partial charge >= 0.3 is 142 Å². The summed E-state index contributed by atoms with van der Waals surface area (Å²) in [6.45, 7) is 3.77. The van der Waals surface area contributed by atoms with Gasteiger partial charge in [-0.3, -0.25) is 0 Å². The van der Waals surface area contributed by atoms with Gasteiger partial charge in [0.25, 0.3) is 0 Å². The van der Waals surface area contributed by atoms with Crippen molar-refractivity contribution in [3.05, 3.63) is 163 Å². The summed E-state index contributed by atoms with van der Waals surface area (Å²) >= 11 is -1.85. The van der Waals surface area contributed by atoms with Crippen molar-refractivity contribution < 1.29 is 30.0 Å². The molecule has 5 heteroatoms. The molecule has 1 radical (unpaired) electrons. The molecule has 8 aromatic rings. The van der Waals surface area contributed by atoms with Crippen LogP contribution in [-0.4, -0.2) is 23.2 Å². The molecule has 0 N–H and O–H groups in total. The molecule has 0 unspecified atom stereocenters. The van der Waals surface area contributed by atoms with E-state index in [0.717, 1.165) is 49.9 Å². The smallest absolute Gasteiger partial charge is 0.128 e. The van der Waals surface area contributed by atoms with Crippen LogP contribution in [0.3, 0.4) is 0 Å². The maximum absolute atomic E-state index is 8.36. The molecule has 5 aromatic carbocycles. The zero-order valence-electron chi connectivity index (χ0n) is 34.8. The Bertz CT molecular complexity index is 2660. The van der Waals surface area contributed by atoms with Crippen LogP contribution in [0.25, 0.3) is 66.7 Å². The van der Waals surface area contributed by atoms with Gasteiger partial charge < -0.3 is 9.40 Å². The summed E-state index contributed by atoms with van der Waals surface area (Å²) in [5.74, 6) is 6.48. The van der Waals surface area contributed by atoms with E-state index in [9.17, 15) is 0 Å². The van der Waals surface area contributed by atoms with Gasteiger partial charge in [0.2, 0.25) is 0 Å². The number of nitrogens with zero attached hydrogens (tertiary/aromatic N) is 2. The second-order valence-electron chi connectivity index (χ2n) is 14.4. The van der Waals surface area contributed by atoms with Gasteiger partial charge in [0.15, 0.2) is 0 Å². The normalized spacial score (nSPS) is 12.9. The first-order valence-corrected chi connectivity index (χ1v) is 24.9. The fraction of sp³-hybridized carbons (Fsp3) is 0.167. The van der Waals surface area contributed by atoms with E-state index in [4.69, 9.17) is 14.9 Å². The minimum atomic E-state index is -2.14. The van der Waals surface area contributed by atoms with Crippen molar-refractivity contribution >= 4 is 39.6 Å². The van der Waals surface area contributed by atoms with Crippen LogP contribution in [0.5, 0.6) is 0 Å². The monoisotopic (exact) mass is 935 g/mol. The first-order chi connectivity index (χ1) is 26.6. The Morgan fingerprint density at radius 3 is 2.19 bits per heavy atom. The van der Waals surface area contributed by atoms with Crippen LogP contribution in [-0.2, 0) is 20.1 Å². The van der Waals surface area contributed by atoms with E-state index >= 15 is 0 Å². The average molecular weight is 934 g/mol. The molecule has 0 aliphatic carbocycles. The number of para-hydroxylation sites is 1. The molecule has 0 aliphatic heterocycles. The second-order valence-corrected chi connectivity index (χ2v) is 24.9. The number of fused-ring (bicyclic) bond motifs is 3. The molecule has 0 saturated carbocycles. The van der Waals surface area contributed by atoms with Crippen LogP contribution in [0.2, 0.25) is 17.3 Å². The van der Waals surface area contributed by atoms with Crippen LogP contribution in [0.15, 0.2) is 138 Å². The van der Waals surface area contributed by atoms with Crippen molar-refractivity contribution in [3.8, 4) is 44.8 Å². The van der Waals surface area contributed by atoms with Gasteiger partial charge in [-0.25, -0.2) is 0 Å². The fourth-order valence-electron chi connectivity index (χ4n) is 6.62. The van der Waals surface area contributed by atoms with Gasteiger partial charge in [0.1, 0.15) is 5.58 Å². The summed E-state index contributed by atoms with van der Waals surface area (Å²) < 4.78 is 39.1. The molecule has 0 fully saturated rings. The standard InChI is InChI=1S/C27H22NO.C21H22GeN.Ir/c1-17(2)20-14-15-28-25(16-20)24-9-5-8-23-22-7-4-6-21(26(22)29-27(23)24)19-12-10-18(3)11-13-19;1-16-13-21(23-15-20(16)22(2,3)4)19-12-8-11-18(14-19)17-9-6-5-7-10-17;/h4-8,10-17H,1-3H3;5-11,13-15H,1-4H3;/q2*-1;/i3D3,17D;;. The van der Waals surface area contributed by atoms with Crippen molar-refractivity contribution in [3.63, 3.8) is 0 Å². The first-order valence-electron chi connectivity index (χ1n) is 19.6. The van der Waals surface area contributed by atoms with Crippen LogP contribution in [0.4, 0.5) is 0 Å². The molecule has 0 aliphatic rings. The molecule has 267 valence electrons. The summed E-state index contributed by atoms with van der Waals surface area (Å²) in [6.07, 6.45) is 3.81. The number of pyridine rings is 2. The molecule has 0 spiro atoms. The molecule has 0 saturated heterocycles. The number of rotatable bonds is 6. The Balaban J connectivity index is 0.000000202. The number of benzene rings is 5. The van der Waals surface area contributed by atoms with Crippen LogP contribution in [0, 0.1) is 25.9 Å². The molecular formula is C48H44GeIrN2O-2. The zero-order valence-corrected chi connectivity index (χ0v) is 35.3. The summed E-state index contributed by atoms with van der Waals surface area (Å²) in [7, 11) is 0. The first kappa shape index (κ1) is 33.0. The molecule has 3 heterocycles. The predicted molar refractivity (Wildman–Crippen MR) is 222 cm³/mol. The second kappa shape index (κ2) is 16.2. The van der Waals surface area contributed by atoms with E-state index in [-0.39, 0.29) is 20.1 Å². The van der Waals surface area contributed by atoms with E-state index in [2.05, 4.69) is 90.0 Å². The fourth-order valence-corrected chi connectivity index (χ4v) is 10.2. The molecule has 3 nitrogen and oxygen atoms in total. The maximum Gasteiger partial charge on any atom is 0.128 e. The number of furan rings is 1. The molecule has 53 heavy (non-hydrogen) atoms. The van der Waals surface area contributed by atoms with E-state index in [1.54, 1.807) is 18.3 Å². The van der Waals surface area contributed by atoms with Gasteiger partial charge in [-0.05, 0) is 30.1 Å². The van der Waals surface area contributed by atoms with E-state index < -0.39 is 26.0 Å². The van der Waals surface area contributed by atoms with E-state index in [0.29, 0.717) is 16.8 Å². The quantitative estimate of drug-likeness (QED) is 0.123. The molecular weight excluding hydrogens is 885 g/mol. The number of hydrogen-bond donors (Lipinski definition) is 0. The van der Waals surface area contributed by atoms with E-state index in [1.165, 1.54) is 21.1 Å². The van der Waals surface area contributed by atoms with Gasteiger partial charge in [-0.15, -0.1) is 18.2 Å². The van der Waals surface area contributed by atoms with Crippen LogP contribution < -0.4 is 4.40 Å². The number of hydrogen-bond acceptors (Lipinski definition) is 3. The zero-order chi connectivity index (χ0) is 39.8. The SMILES string of the molecule is Cc1cc(-c2[c-]ccc(-c3ccccc3)c2)nc[c]1[Ge]([CH3])([CH3])[CH3].[2H]C([2H])([2H])c1ccc(-c2cccc3c2oc2c(-c4cc(C([2H])(C)C)ccn4)[c-]ccc23)cc1.[Ir]. The molecule has 0 atom stereocenters. The Kier molecular flexibility index (Phi) is 10.1. The average Bonchev–Trinajstić information content (AvgIpc) is 3.57. The van der Waals surface area contributed by atoms with Gasteiger partial charge in [-0.2, -0.15) is 0 Å². The van der Waals surface area contributed by atoms with Crippen LogP contribution in [0.1, 0.15) is 41.9 Å². The third-order valence-electron chi connectivity index (χ3n) is 9.35. The Morgan fingerprint density at radius 2 is 1.47 bits per heavy atom. The molecule has 0 bridgehead atoms. The van der Waals surface area contributed by atoms with Crippen molar-refractivity contribution in [1.29, 1.82) is 0 Å².